The van der Waals surface area contributed by atoms with Crippen molar-refractivity contribution in [2.75, 3.05) is 24.9 Å². The van der Waals surface area contributed by atoms with Gasteiger partial charge in [-0.2, -0.15) is 0 Å². The number of halogens is 2. The molecule has 2 aromatic carbocycles. The summed E-state index contributed by atoms with van der Waals surface area (Å²) in [6.45, 7) is 6.95. The number of rotatable bonds is 8. The van der Waals surface area contributed by atoms with Crippen LogP contribution in [0.3, 0.4) is 0 Å². The molecule has 1 heterocycles. The van der Waals surface area contributed by atoms with E-state index in [1.807, 2.05) is 0 Å². The minimum Gasteiger partial charge on any atom is -0.493 e. The Balaban J connectivity index is 1.47. The minimum atomic E-state index is -0.599. The van der Waals surface area contributed by atoms with E-state index in [1.165, 1.54) is 12.1 Å². The van der Waals surface area contributed by atoms with Gasteiger partial charge in [0, 0.05) is 29.8 Å². The Bertz CT molecular complexity index is 1270. The lowest BCUT2D eigenvalue weighted by Crippen LogP contribution is -2.44. The van der Waals surface area contributed by atoms with E-state index in [2.05, 4.69) is 36.4 Å². The van der Waals surface area contributed by atoms with Gasteiger partial charge in [0.2, 0.25) is 0 Å². The quantitative estimate of drug-likeness (QED) is 0.303. The number of ether oxygens (including phenoxy) is 3. The number of urea groups is 1. The van der Waals surface area contributed by atoms with Gasteiger partial charge in [-0.05, 0) is 54.9 Å². The Morgan fingerprint density at radius 1 is 1.16 bits per heavy atom. The second kappa shape index (κ2) is 11.4. The predicted molar refractivity (Wildman–Crippen MR) is 144 cm³/mol. The highest BCUT2D eigenvalue weighted by atomic mass is 35.5. The molecule has 2 amide bonds. The number of aromatic nitrogens is 1. The summed E-state index contributed by atoms with van der Waals surface area (Å²) in [5, 5.41) is 6.30. The van der Waals surface area contributed by atoms with Gasteiger partial charge in [0.15, 0.2) is 11.5 Å². The third kappa shape index (κ3) is 6.74. The van der Waals surface area contributed by atoms with Crippen molar-refractivity contribution in [2.24, 2.45) is 11.3 Å². The zero-order valence-corrected chi connectivity index (χ0v) is 22.3. The maximum atomic E-state index is 14.9. The molecule has 1 aliphatic carbocycles. The van der Waals surface area contributed by atoms with Crippen LogP contribution in [0.25, 0.3) is 10.9 Å². The van der Waals surface area contributed by atoms with Crippen LogP contribution in [0.1, 0.15) is 40.0 Å². The number of nitrogens with one attached hydrogen (secondary N) is 2. The van der Waals surface area contributed by atoms with Crippen LogP contribution in [0.5, 0.6) is 23.0 Å². The number of hydrogen-bond donors (Lipinski definition) is 2. The molecule has 9 heteroatoms. The summed E-state index contributed by atoms with van der Waals surface area (Å²) in [6.07, 6.45) is 4.53. The molecule has 0 saturated heterocycles. The number of amides is 2. The van der Waals surface area contributed by atoms with Crippen molar-refractivity contribution < 1.29 is 23.4 Å². The molecule has 2 N–H and O–H groups in total. The van der Waals surface area contributed by atoms with Crippen molar-refractivity contribution in [1.29, 1.82) is 0 Å². The summed E-state index contributed by atoms with van der Waals surface area (Å²) < 4.78 is 32.0. The first-order chi connectivity index (χ1) is 17.7. The highest BCUT2D eigenvalue weighted by Gasteiger charge is 2.32. The van der Waals surface area contributed by atoms with Gasteiger partial charge in [-0.1, -0.05) is 20.8 Å². The van der Waals surface area contributed by atoms with Gasteiger partial charge in [-0.15, -0.1) is 11.6 Å². The van der Waals surface area contributed by atoms with Gasteiger partial charge in [0.05, 0.1) is 24.2 Å². The van der Waals surface area contributed by atoms with Gasteiger partial charge in [-0.3, -0.25) is 4.98 Å². The molecule has 1 saturated carbocycles. The molecular weight excluding hydrogens is 497 g/mol. The highest BCUT2D eigenvalue weighted by molar-refractivity contribution is 6.18. The lowest BCUT2D eigenvalue weighted by atomic mass is 9.71. The summed E-state index contributed by atoms with van der Waals surface area (Å²) in [6, 6.07) is 9.16. The maximum absolute atomic E-state index is 14.9. The molecule has 2 unspecified atom stereocenters. The molecule has 2 atom stereocenters. The Labute approximate surface area is 221 Å². The highest BCUT2D eigenvalue weighted by Crippen LogP contribution is 2.39. The molecule has 0 bridgehead atoms. The topological polar surface area (TPSA) is 81.7 Å². The largest absolute Gasteiger partial charge is 0.493 e. The first kappa shape index (κ1) is 26.8. The molecule has 198 valence electrons. The lowest BCUT2D eigenvalue weighted by Gasteiger charge is -2.39. The number of alkyl halides is 1. The second-order valence-electron chi connectivity index (χ2n) is 10.3. The van der Waals surface area contributed by atoms with E-state index < -0.39 is 11.8 Å². The second-order valence-corrected chi connectivity index (χ2v) is 10.7. The molecule has 37 heavy (non-hydrogen) atoms. The number of anilines is 1. The SMILES string of the molecule is COc1cc2c(Oc3ccc(NC(=O)NC4CC(C)CC(C)(C)C4)c(F)c3)ccnc2cc1OCCCl. The van der Waals surface area contributed by atoms with Crippen LogP contribution in [0.2, 0.25) is 0 Å². The average Bonchev–Trinajstić information content (AvgIpc) is 2.82. The molecular formula is C28H33ClFN3O4. The molecule has 1 fully saturated rings. The number of nitrogens with zero attached hydrogens (tertiary/aromatic N) is 1. The van der Waals surface area contributed by atoms with Crippen LogP contribution in [-0.4, -0.2) is 36.7 Å². The van der Waals surface area contributed by atoms with Crippen LogP contribution in [0.4, 0.5) is 14.9 Å². The Morgan fingerprint density at radius 2 is 1.97 bits per heavy atom. The number of benzene rings is 2. The monoisotopic (exact) mass is 529 g/mol. The molecule has 7 nitrogen and oxygen atoms in total. The number of carbonyl (C=O) groups is 1. The van der Waals surface area contributed by atoms with E-state index in [9.17, 15) is 9.18 Å². The fourth-order valence-corrected chi connectivity index (χ4v) is 5.30. The van der Waals surface area contributed by atoms with Gasteiger partial charge in [-0.25, -0.2) is 9.18 Å². The normalized spacial score (nSPS) is 18.8. The third-order valence-corrected chi connectivity index (χ3v) is 6.61. The summed E-state index contributed by atoms with van der Waals surface area (Å²) in [5.74, 6) is 2.04. The van der Waals surface area contributed by atoms with Gasteiger partial charge in [0.25, 0.3) is 0 Å². The molecule has 0 radical (unpaired) electrons. The molecule has 0 aliphatic heterocycles. The van der Waals surface area contributed by atoms with Crippen LogP contribution >= 0.6 is 11.6 Å². The summed E-state index contributed by atoms with van der Waals surface area (Å²) in [5.41, 5.74) is 0.869. The van der Waals surface area contributed by atoms with Crippen LogP contribution < -0.4 is 24.8 Å². The summed E-state index contributed by atoms with van der Waals surface area (Å²) in [7, 11) is 1.54. The van der Waals surface area contributed by atoms with Crippen LogP contribution in [-0.2, 0) is 0 Å². The van der Waals surface area contributed by atoms with E-state index in [-0.39, 0.29) is 22.9 Å². The van der Waals surface area contributed by atoms with Crippen molar-refractivity contribution in [3.8, 4) is 23.0 Å². The Kier molecular flexibility index (Phi) is 8.27. The number of hydrogen-bond acceptors (Lipinski definition) is 5. The van der Waals surface area contributed by atoms with Crippen molar-refractivity contribution in [3.63, 3.8) is 0 Å². The molecule has 0 spiro atoms. The number of carbonyl (C=O) groups excluding carboxylic acids is 1. The Hall–Kier alpha value is -3.26. The first-order valence-electron chi connectivity index (χ1n) is 12.4. The zero-order valence-electron chi connectivity index (χ0n) is 21.6. The summed E-state index contributed by atoms with van der Waals surface area (Å²) >= 11 is 5.73. The van der Waals surface area contributed by atoms with Crippen molar-refractivity contribution >= 4 is 34.2 Å². The van der Waals surface area contributed by atoms with E-state index in [1.54, 1.807) is 37.6 Å². The van der Waals surface area contributed by atoms with E-state index in [4.69, 9.17) is 25.8 Å². The van der Waals surface area contributed by atoms with Crippen molar-refractivity contribution in [2.45, 2.75) is 46.1 Å². The van der Waals surface area contributed by atoms with E-state index in [0.29, 0.717) is 46.6 Å². The maximum Gasteiger partial charge on any atom is 0.319 e. The van der Waals surface area contributed by atoms with Crippen molar-refractivity contribution in [3.05, 3.63) is 48.4 Å². The minimum absolute atomic E-state index is 0.0576. The fourth-order valence-electron chi connectivity index (χ4n) is 5.23. The van der Waals surface area contributed by atoms with Gasteiger partial charge in [0.1, 0.15) is 23.9 Å². The molecule has 1 aliphatic rings. The molecule has 1 aromatic heterocycles. The number of methoxy groups -OCH3 is 1. The first-order valence-corrected chi connectivity index (χ1v) is 12.9. The fraction of sp³-hybridized carbons (Fsp3) is 0.429. The summed E-state index contributed by atoms with van der Waals surface area (Å²) in [4.78, 5) is 16.9. The van der Waals surface area contributed by atoms with E-state index in [0.717, 1.165) is 19.3 Å². The smallest absolute Gasteiger partial charge is 0.319 e. The van der Waals surface area contributed by atoms with Crippen LogP contribution in [0, 0.1) is 17.2 Å². The lowest BCUT2D eigenvalue weighted by molar-refractivity contribution is 0.154. The van der Waals surface area contributed by atoms with Gasteiger partial charge < -0.3 is 24.8 Å². The molecule has 4 rings (SSSR count). The number of fused-ring (bicyclic) bond motifs is 1. The predicted octanol–water partition coefficient (Wildman–Crippen LogP) is 7.13. The third-order valence-electron chi connectivity index (χ3n) is 6.46. The Morgan fingerprint density at radius 3 is 2.68 bits per heavy atom. The standard InChI is InChI=1S/C28H33ClFN3O4/c1-17-11-18(16-28(2,3)15-17)32-27(34)33-22-6-5-19(12-21(22)30)37-24-7-9-31-23-14-26(36-10-8-29)25(35-4)13-20(23)24/h5-7,9,12-14,17-18H,8,10-11,15-16H2,1-4H3,(H2,32,33,34). The van der Waals surface area contributed by atoms with Gasteiger partial charge >= 0.3 is 6.03 Å². The van der Waals surface area contributed by atoms with E-state index >= 15 is 0 Å². The zero-order chi connectivity index (χ0) is 26.6. The molecule has 3 aromatic rings. The van der Waals surface area contributed by atoms with Crippen molar-refractivity contribution in [1.82, 2.24) is 10.3 Å². The number of pyridine rings is 1. The average molecular weight is 530 g/mol. The van der Waals surface area contributed by atoms with Crippen LogP contribution in [0.15, 0.2) is 42.6 Å².